The fourth-order valence-corrected chi connectivity index (χ4v) is 5.62. The SMILES string of the molecule is C/C=C\c1ccc2n(c1=O)C[C@@H]1[C@@H](CO)[C@H](C(=O)NCc3ccccc3)N(Cc3cncnc3)[C@H]21. The van der Waals surface area contributed by atoms with Crippen LogP contribution < -0.4 is 10.9 Å². The van der Waals surface area contributed by atoms with Crippen molar-refractivity contribution in [3.05, 3.63) is 100.0 Å². The zero-order valence-corrected chi connectivity index (χ0v) is 19.6. The molecule has 2 aliphatic heterocycles. The van der Waals surface area contributed by atoms with Crippen molar-refractivity contribution in [2.75, 3.05) is 6.61 Å². The highest BCUT2D eigenvalue weighted by Crippen LogP contribution is 2.49. The monoisotopic (exact) mass is 471 g/mol. The average molecular weight is 472 g/mol. The van der Waals surface area contributed by atoms with E-state index < -0.39 is 6.04 Å². The molecule has 2 aliphatic rings. The van der Waals surface area contributed by atoms with Crippen LogP contribution in [0.3, 0.4) is 0 Å². The average Bonchev–Trinajstić information content (AvgIpc) is 3.41. The molecule has 180 valence electrons. The van der Waals surface area contributed by atoms with Gasteiger partial charge < -0.3 is 15.0 Å². The number of hydrogen-bond acceptors (Lipinski definition) is 6. The number of carbonyl (C=O) groups excluding carboxylic acids is 1. The van der Waals surface area contributed by atoms with Crippen LogP contribution in [0.1, 0.15) is 35.3 Å². The van der Waals surface area contributed by atoms with Crippen LogP contribution in [0, 0.1) is 11.8 Å². The largest absolute Gasteiger partial charge is 0.396 e. The van der Waals surface area contributed by atoms with Gasteiger partial charge in [0.1, 0.15) is 6.33 Å². The van der Waals surface area contributed by atoms with E-state index in [1.165, 1.54) is 6.33 Å². The molecule has 2 aromatic heterocycles. The van der Waals surface area contributed by atoms with Gasteiger partial charge in [-0.1, -0.05) is 42.5 Å². The van der Waals surface area contributed by atoms with Gasteiger partial charge in [0.2, 0.25) is 5.91 Å². The highest BCUT2D eigenvalue weighted by molar-refractivity contribution is 5.82. The molecule has 3 aromatic rings. The molecule has 2 N–H and O–H groups in total. The molecule has 1 amide bonds. The van der Waals surface area contributed by atoms with E-state index in [0.717, 1.165) is 16.8 Å². The fraction of sp³-hybridized carbons (Fsp3) is 0.333. The summed E-state index contributed by atoms with van der Waals surface area (Å²) in [5.74, 6) is -0.505. The van der Waals surface area contributed by atoms with Crippen molar-refractivity contribution in [2.45, 2.75) is 38.6 Å². The molecule has 4 heterocycles. The third kappa shape index (κ3) is 4.31. The van der Waals surface area contributed by atoms with Crippen LogP contribution in [0.4, 0.5) is 0 Å². The van der Waals surface area contributed by atoms with Gasteiger partial charge in [-0.05, 0) is 24.6 Å². The summed E-state index contributed by atoms with van der Waals surface area (Å²) in [4.78, 5) is 37.1. The molecule has 5 rings (SSSR count). The highest BCUT2D eigenvalue weighted by Gasteiger charge is 2.55. The Balaban J connectivity index is 1.51. The summed E-state index contributed by atoms with van der Waals surface area (Å²) in [5, 5.41) is 13.5. The molecule has 0 saturated carbocycles. The van der Waals surface area contributed by atoms with Crippen molar-refractivity contribution in [2.24, 2.45) is 11.8 Å². The minimum Gasteiger partial charge on any atom is -0.396 e. The van der Waals surface area contributed by atoms with E-state index in [2.05, 4.69) is 20.2 Å². The van der Waals surface area contributed by atoms with Crippen LogP contribution in [-0.4, -0.2) is 43.1 Å². The number of carbonyl (C=O) groups is 1. The van der Waals surface area contributed by atoms with Crippen LogP contribution in [0.25, 0.3) is 6.08 Å². The number of aliphatic hydroxyl groups is 1. The normalized spacial score (nSPS) is 23.4. The number of pyridine rings is 1. The topological polar surface area (TPSA) is 100 Å². The van der Waals surface area contributed by atoms with E-state index in [1.54, 1.807) is 17.0 Å². The number of fused-ring (bicyclic) bond motifs is 3. The molecule has 0 spiro atoms. The van der Waals surface area contributed by atoms with E-state index in [1.807, 2.05) is 61.5 Å². The van der Waals surface area contributed by atoms with Crippen molar-refractivity contribution in [1.82, 2.24) is 24.8 Å². The summed E-state index contributed by atoms with van der Waals surface area (Å²) in [6, 6.07) is 12.9. The van der Waals surface area contributed by atoms with Crippen molar-refractivity contribution < 1.29 is 9.90 Å². The second-order valence-electron chi connectivity index (χ2n) is 9.15. The van der Waals surface area contributed by atoms with Gasteiger partial charge in [0.15, 0.2) is 0 Å². The van der Waals surface area contributed by atoms with E-state index in [0.29, 0.717) is 25.2 Å². The lowest BCUT2D eigenvalue weighted by molar-refractivity contribution is -0.128. The van der Waals surface area contributed by atoms with Crippen molar-refractivity contribution in [1.29, 1.82) is 0 Å². The molecule has 1 aromatic carbocycles. The lowest BCUT2D eigenvalue weighted by atomic mass is 9.88. The Kier molecular flexibility index (Phi) is 6.57. The number of amides is 1. The Morgan fingerprint density at radius 2 is 1.91 bits per heavy atom. The lowest BCUT2D eigenvalue weighted by Gasteiger charge is -2.30. The van der Waals surface area contributed by atoms with Crippen LogP contribution in [0.2, 0.25) is 0 Å². The number of aliphatic hydroxyl groups excluding tert-OH is 1. The predicted molar refractivity (Wildman–Crippen MR) is 132 cm³/mol. The first-order valence-corrected chi connectivity index (χ1v) is 11.9. The molecule has 4 atom stereocenters. The molecule has 35 heavy (non-hydrogen) atoms. The Bertz CT molecular complexity index is 1270. The zero-order chi connectivity index (χ0) is 24.4. The van der Waals surface area contributed by atoms with Crippen molar-refractivity contribution in [3.8, 4) is 0 Å². The molecular formula is C27H29N5O3. The predicted octanol–water partition coefficient (Wildman–Crippen LogP) is 2.15. The highest BCUT2D eigenvalue weighted by atomic mass is 16.3. The molecular weight excluding hydrogens is 442 g/mol. The minimum atomic E-state index is -0.544. The number of allylic oxidation sites excluding steroid dienone is 1. The van der Waals surface area contributed by atoms with Gasteiger partial charge in [-0.3, -0.25) is 14.5 Å². The number of nitrogens with zero attached hydrogens (tertiary/aromatic N) is 4. The number of hydrogen-bond donors (Lipinski definition) is 2. The summed E-state index contributed by atoms with van der Waals surface area (Å²) >= 11 is 0. The number of aromatic nitrogens is 3. The quantitative estimate of drug-likeness (QED) is 0.548. The molecule has 0 bridgehead atoms. The molecule has 0 unspecified atom stereocenters. The van der Waals surface area contributed by atoms with E-state index in [4.69, 9.17) is 0 Å². The summed E-state index contributed by atoms with van der Waals surface area (Å²) in [5.41, 5.74) is 3.35. The van der Waals surface area contributed by atoms with Gasteiger partial charge in [-0.15, -0.1) is 0 Å². The maximum Gasteiger partial charge on any atom is 0.258 e. The van der Waals surface area contributed by atoms with Gasteiger partial charge >= 0.3 is 0 Å². The number of rotatable bonds is 7. The van der Waals surface area contributed by atoms with Crippen LogP contribution >= 0.6 is 0 Å². The van der Waals surface area contributed by atoms with Crippen molar-refractivity contribution in [3.63, 3.8) is 0 Å². The maximum absolute atomic E-state index is 13.6. The van der Waals surface area contributed by atoms with E-state index in [9.17, 15) is 14.7 Å². The molecule has 0 aliphatic carbocycles. The first kappa shape index (κ1) is 23.1. The third-order valence-electron chi connectivity index (χ3n) is 7.12. The van der Waals surface area contributed by atoms with E-state index >= 15 is 0 Å². The second kappa shape index (κ2) is 9.93. The first-order chi connectivity index (χ1) is 17.1. The molecule has 0 radical (unpaired) electrons. The smallest absolute Gasteiger partial charge is 0.258 e. The van der Waals surface area contributed by atoms with Gasteiger partial charge in [-0.2, -0.15) is 0 Å². The summed E-state index contributed by atoms with van der Waals surface area (Å²) in [6.07, 6.45) is 8.62. The summed E-state index contributed by atoms with van der Waals surface area (Å²) < 4.78 is 1.81. The number of benzene rings is 1. The van der Waals surface area contributed by atoms with Crippen molar-refractivity contribution >= 4 is 12.0 Å². The second-order valence-corrected chi connectivity index (χ2v) is 9.15. The zero-order valence-electron chi connectivity index (χ0n) is 19.6. The first-order valence-electron chi connectivity index (χ1n) is 11.9. The van der Waals surface area contributed by atoms with Crippen LogP contribution in [0.15, 0.2) is 72.1 Å². The van der Waals surface area contributed by atoms with Gasteiger partial charge in [-0.25, -0.2) is 9.97 Å². The maximum atomic E-state index is 13.6. The molecule has 8 nitrogen and oxygen atoms in total. The van der Waals surface area contributed by atoms with Crippen LogP contribution in [-0.2, 0) is 24.4 Å². The Morgan fingerprint density at radius 1 is 1.14 bits per heavy atom. The number of nitrogens with one attached hydrogen (secondary N) is 1. The van der Waals surface area contributed by atoms with Gasteiger partial charge in [0.25, 0.3) is 5.56 Å². The molecule has 1 fully saturated rings. The van der Waals surface area contributed by atoms with Crippen LogP contribution in [0.5, 0.6) is 0 Å². The Hall–Kier alpha value is -3.62. The minimum absolute atomic E-state index is 0.0419. The lowest BCUT2D eigenvalue weighted by Crippen LogP contribution is -2.47. The molecule has 8 heteroatoms. The third-order valence-corrected chi connectivity index (χ3v) is 7.12. The fourth-order valence-electron chi connectivity index (χ4n) is 5.62. The molecule has 1 saturated heterocycles. The standard InChI is InChI=1S/C27H29N5O3/c1-2-6-20-9-10-23-24-21(15-31(23)27(20)35)22(16-33)25(32(24)14-19-11-28-17-29-12-19)26(34)30-13-18-7-4-3-5-8-18/h2-12,17,21-22,24-25,33H,13-16H2,1H3,(H,30,34)/b6-2-/t21-,22-,24+,25-/m1/s1. The number of likely N-dealkylation sites (tertiary alicyclic amines) is 1. The Labute approximate surface area is 204 Å². The Morgan fingerprint density at radius 3 is 2.63 bits per heavy atom. The van der Waals surface area contributed by atoms with E-state index in [-0.39, 0.29) is 36.0 Å². The van der Waals surface area contributed by atoms with Gasteiger partial charge in [0, 0.05) is 67.3 Å². The van der Waals surface area contributed by atoms with Gasteiger partial charge in [0.05, 0.1) is 12.1 Å². The summed E-state index contributed by atoms with van der Waals surface area (Å²) in [7, 11) is 0. The summed E-state index contributed by atoms with van der Waals surface area (Å²) in [6.45, 7) is 3.06.